The molecular formula is C24H17BrO3. The Morgan fingerprint density at radius 3 is 2.14 bits per heavy atom. The quantitative estimate of drug-likeness (QED) is 0.387. The molecule has 0 fully saturated rings. The number of Topliss-reactive ketones (excluding diaryl/α,β-unsaturated/α-hetero) is 1. The molecule has 0 saturated carbocycles. The van der Waals surface area contributed by atoms with E-state index in [4.69, 9.17) is 4.74 Å². The fraction of sp³-hybridized carbons (Fsp3) is 0.0833. The molecule has 0 saturated heterocycles. The number of esters is 1. The summed E-state index contributed by atoms with van der Waals surface area (Å²) in [5, 5.41) is 0. The van der Waals surface area contributed by atoms with Crippen molar-refractivity contribution in [2.75, 3.05) is 0 Å². The monoisotopic (exact) mass is 432 g/mol. The van der Waals surface area contributed by atoms with Crippen molar-refractivity contribution in [3.63, 3.8) is 0 Å². The van der Waals surface area contributed by atoms with Gasteiger partial charge in [-0.25, -0.2) is 0 Å². The molecule has 0 radical (unpaired) electrons. The van der Waals surface area contributed by atoms with E-state index in [0.717, 1.165) is 10.0 Å². The van der Waals surface area contributed by atoms with Gasteiger partial charge in [0.05, 0.1) is 12.0 Å². The number of hydrogen-bond acceptors (Lipinski definition) is 3. The lowest BCUT2D eigenvalue weighted by molar-refractivity contribution is -0.137. The number of ketones is 1. The maximum absolute atomic E-state index is 13.5. The summed E-state index contributed by atoms with van der Waals surface area (Å²) in [6.45, 7) is 0. The predicted molar refractivity (Wildman–Crippen MR) is 112 cm³/mol. The van der Waals surface area contributed by atoms with E-state index in [1.807, 2.05) is 72.8 Å². The Morgan fingerprint density at radius 2 is 1.46 bits per heavy atom. The molecule has 0 aliphatic carbocycles. The van der Waals surface area contributed by atoms with Gasteiger partial charge in [-0.1, -0.05) is 94.8 Å². The Morgan fingerprint density at radius 1 is 0.857 bits per heavy atom. The molecular weight excluding hydrogens is 416 g/mol. The van der Waals surface area contributed by atoms with Gasteiger partial charge in [0.15, 0.2) is 5.78 Å². The summed E-state index contributed by atoms with van der Waals surface area (Å²) in [6.07, 6.45) is 0.118. The molecule has 0 unspecified atom stereocenters. The zero-order chi connectivity index (χ0) is 19.5. The third kappa shape index (κ3) is 3.56. The number of benzene rings is 3. The summed E-state index contributed by atoms with van der Waals surface area (Å²) in [4.78, 5) is 26.0. The summed E-state index contributed by atoms with van der Waals surface area (Å²) in [5.41, 5.74) is 2.68. The van der Waals surface area contributed by atoms with Crippen LogP contribution in [0.25, 0.3) is 5.76 Å². The number of rotatable bonds is 4. The Labute approximate surface area is 171 Å². The first kappa shape index (κ1) is 18.4. The fourth-order valence-electron chi connectivity index (χ4n) is 3.47. The molecule has 1 heterocycles. The van der Waals surface area contributed by atoms with Gasteiger partial charge in [0.1, 0.15) is 5.76 Å². The molecule has 3 nitrogen and oxygen atoms in total. The van der Waals surface area contributed by atoms with Crippen molar-refractivity contribution in [1.29, 1.82) is 0 Å². The van der Waals surface area contributed by atoms with E-state index in [1.165, 1.54) is 0 Å². The highest BCUT2D eigenvalue weighted by molar-refractivity contribution is 9.10. The standard InChI is InChI=1S/C24H17BrO3/c25-20-14-8-7-13-18(20)19-15-21(26)28-24(17-11-5-2-6-12-17)22(19)23(27)16-9-3-1-4-10-16/h1-14,19H,15H2/t19-/m0/s1. The van der Waals surface area contributed by atoms with E-state index < -0.39 is 0 Å². The van der Waals surface area contributed by atoms with Crippen LogP contribution in [0.2, 0.25) is 0 Å². The summed E-state index contributed by atoms with van der Waals surface area (Å²) >= 11 is 3.57. The average molecular weight is 433 g/mol. The van der Waals surface area contributed by atoms with Crippen molar-refractivity contribution in [1.82, 2.24) is 0 Å². The molecule has 28 heavy (non-hydrogen) atoms. The van der Waals surface area contributed by atoms with Crippen LogP contribution in [0, 0.1) is 0 Å². The lowest BCUT2D eigenvalue weighted by atomic mass is 9.81. The third-order valence-electron chi connectivity index (χ3n) is 4.78. The second-order valence-electron chi connectivity index (χ2n) is 6.56. The van der Waals surface area contributed by atoms with Gasteiger partial charge in [-0.3, -0.25) is 9.59 Å². The van der Waals surface area contributed by atoms with Gasteiger partial charge in [0.2, 0.25) is 0 Å². The Bertz CT molecular complexity index is 1060. The van der Waals surface area contributed by atoms with Crippen LogP contribution in [0.15, 0.2) is 95.0 Å². The molecule has 0 amide bonds. The van der Waals surface area contributed by atoms with Crippen molar-refractivity contribution in [3.05, 3.63) is 112 Å². The first-order valence-electron chi connectivity index (χ1n) is 8.99. The topological polar surface area (TPSA) is 43.4 Å². The van der Waals surface area contributed by atoms with E-state index in [1.54, 1.807) is 12.1 Å². The van der Waals surface area contributed by atoms with Gasteiger partial charge in [0, 0.05) is 21.5 Å². The van der Waals surface area contributed by atoms with E-state index in [9.17, 15) is 9.59 Å². The molecule has 4 heteroatoms. The van der Waals surface area contributed by atoms with Gasteiger partial charge < -0.3 is 4.74 Å². The normalized spacial score (nSPS) is 16.6. The highest BCUT2D eigenvalue weighted by atomic mass is 79.9. The van der Waals surface area contributed by atoms with Gasteiger partial charge in [-0.15, -0.1) is 0 Å². The van der Waals surface area contributed by atoms with Crippen LogP contribution in [-0.2, 0) is 9.53 Å². The van der Waals surface area contributed by atoms with Gasteiger partial charge >= 0.3 is 5.97 Å². The summed E-state index contributed by atoms with van der Waals surface area (Å²) in [6, 6.07) is 26.1. The van der Waals surface area contributed by atoms with Crippen LogP contribution in [0.5, 0.6) is 0 Å². The fourth-order valence-corrected chi connectivity index (χ4v) is 4.03. The SMILES string of the molecule is O=C1C[C@@H](c2ccccc2Br)C(C(=O)c2ccccc2)=C(c2ccccc2)O1. The van der Waals surface area contributed by atoms with E-state index >= 15 is 0 Å². The van der Waals surface area contributed by atoms with Crippen LogP contribution < -0.4 is 0 Å². The third-order valence-corrected chi connectivity index (χ3v) is 5.50. The van der Waals surface area contributed by atoms with E-state index in [2.05, 4.69) is 15.9 Å². The number of hydrogen-bond donors (Lipinski definition) is 0. The summed E-state index contributed by atoms with van der Waals surface area (Å²) in [7, 11) is 0. The van der Waals surface area contributed by atoms with Crippen molar-refractivity contribution >= 4 is 33.4 Å². The first-order valence-corrected chi connectivity index (χ1v) is 9.79. The van der Waals surface area contributed by atoms with Crippen molar-refractivity contribution < 1.29 is 14.3 Å². The second-order valence-corrected chi connectivity index (χ2v) is 7.41. The maximum atomic E-state index is 13.5. The van der Waals surface area contributed by atoms with Gasteiger partial charge in [0.25, 0.3) is 0 Å². The number of cyclic esters (lactones) is 1. The molecule has 4 rings (SSSR count). The molecule has 1 atom stereocenters. The molecule has 0 spiro atoms. The smallest absolute Gasteiger partial charge is 0.312 e. The van der Waals surface area contributed by atoms with E-state index in [-0.39, 0.29) is 24.1 Å². The van der Waals surface area contributed by atoms with E-state index in [0.29, 0.717) is 22.5 Å². The molecule has 1 aliphatic heterocycles. The first-order chi connectivity index (χ1) is 13.6. The summed E-state index contributed by atoms with van der Waals surface area (Å²) < 4.78 is 6.49. The van der Waals surface area contributed by atoms with Crippen molar-refractivity contribution in [2.24, 2.45) is 0 Å². The van der Waals surface area contributed by atoms with Crippen molar-refractivity contribution in [2.45, 2.75) is 12.3 Å². The molecule has 0 N–H and O–H groups in total. The number of carbonyl (C=O) groups excluding carboxylic acids is 2. The second kappa shape index (κ2) is 7.95. The lowest BCUT2D eigenvalue weighted by Gasteiger charge is -2.28. The largest absolute Gasteiger partial charge is 0.425 e. The van der Waals surface area contributed by atoms with Crippen LogP contribution in [0.4, 0.5) is 0 Å². The van der Waals surface area contributed by atoms with Crippen molar-refractivity contribution in [3.8, 4) is 0 Å². The molecule has 138 valence electrons. The number of allylic oxidation sites excluding steroid dienone is 1. The number of carbonyl (C=O) groups is 2. The minimum atomic E-state index is -0.389. The van der Waals surface area contributed by atoms with Crippen LogP contribution in [0.3, 0.4) is 0 Å². The average Bonchev–Trinajstić information content (AvgIpc) is 2.74. The molecule has 0 bridgehead atoms. The van der Waals surface area contributed by atoms with Gasteiger partial charge in [-0.2, -0.15) is 0 Å². The minimum Gasteiger partial charge on any atom is -0.425 e. The maximum Gasteiger partial charge on any atom is 0.312 e. The molecule has 0 aromatic heterocycles. The Balaban J connectivity index is 1.95. The van der Waals surface area contributed by atoms with Crippen LogP contribution in [0.1, 0.15) is 33.8 Å². The lowest BCUT2D eigenvalue weighted by Crippen LogP contribution is -2.25. The van der Waals surface area contributed by atoms with Gasteiger partial charge in [-0.05, 0) is 11.6 Å². The number of ether oxygens (including phenoxy) is 1. The summed E-state index contributed by atoms with van der Waals surface area (Å²) in [5.74, 6) is -0.525. The Hall–Kier alpha value is -2.98. The molecule has 3 aromatic carbocycles. The zero-order valence-electron chi connectivity index (χ0n) is 15.0. The molecule has 1 aliphatic rings. The predicted octanol–water partition coefficient (Wildman–Crippen LogP) is 5.77. The number of halogens is 1. The zero-order valence-corrected chi connectivity index (χ0v) is 16.6. The highest BCUT2D eigenvalue weighted by Crippen LogP contribution is 2.42. The highest BCUT2D eigenvalue weighted by Gasteiger charge is 2.36. The minimum absolute atomic E-state index is 0.118. The Kier molecular flexibility index (Phi) is 5.22. The molecule has 3 aromatic rings. The van der Waals surface area contributed by atoms with Crippen LogP contribution >= 0.6 is 15.9 Å². The van der Waals surface area contributed by atoms with Crippen LogP contribution in [-0.4, -0.2) is 11.8 Å².